The van der Waals surface area contributed by atoms with Crippen molar-refractivity contribution in [1.82, 2.24) is 0 Å². The van der Waals surface area contributed by atoms with E-state index in [0.29, 0.717) is 5.69 Å². The number of aliphatic hydroxyl groups is 1. The summed E-state index contributed by atoms with van der Waals surface area (Å²) >= 11 is 3.29. The average Bonchev–Trinajstić information content (AvgIpc) is 2.07. The Balaban J connectivity index is 2.71. The molecule has 1 aromatic carbocycles. The highest BCUT2D eigenvalue weighted by Crippen LogP contribution is 2.15. The first-order valence-electron chi connectivity index (χ1n) is 4.19. The van der Waals surface area contributed by atoms with Gasteiger partial charge in [-0.15, -0.1) is 0 Å². The number of halogens is 1. The normalized spacial score (nSPS) is 11.1. The van der Waals surface area contributed by atoms with Gasteiger partial charge in [0.05, 0.1) is 0 Å². The molecule has 0 aliphatic heterocycles. The van der Waals surface area contributed by atoms with Gasteiger partial charge in [0.2, 0.25) is 0 Å². The summed E-state index contributed by atoms with van der Waals surface area (Å²) in [4.78, 5) is 11.3. The minimum absolute atomic E-state index is 0.417. The van der Waals surface area contributed by atoms with Crippen LogP contribution in [0.15, 0.2) is 28.7 Å². The van der Waals surface area contributed by atoms with E-state index in [1.165, 1.54) is 13.8 Å². The first kappa shape index (κ1) is 11.2. The molecule has 0 radical (unpaired) electrons. The summed E-state index contributed by atoms with van der Waals surface area (Å²) in [5, 5.41) is 12.0. The summed E-state index contributed by atoms with van der Waals surface area (Å²) < 4.78 is 0.943. The van der Waals surface area contributed by atoms with Crippen LogP contribution in [0, 0.1) is 0 Å². The second-order valence-corrected chi connectivity index (χ2v) is 4.44. The van der Waals surface area contributed by atoms with Crippen LogP contribution >= 0.6 is 15.9 Å². The molecule has 0 aliphatic carbocycles. The largest absolute Gasteiger partial charge is 0.381 e. The summed E-state index contributed by atoms with van der Waals surface area (Å²) in [6, 6.07) is 7.15. The van der Waals surface area contributed by atoms with Crippen molar-refractivity contribution in [3.63, 3.8) is 0 Å². The monoisotopic (exact) mass is 257 g/mol. The van der Waals surface area contributed by atoms with Crippen LogP contribution in [0.5, 0.6) is 0 Å². The zero-order valence-electron chi connectivity index (χ0n) is 8.04. The molecule has 0 atom stereocenters. The van der Waals surface area contributed by atoms with Gasteiger partial charge in [0.1, 0.15) is 5.60 Å². The summed E-state index contributed by atoms with van der Waals surface area (Å²) in [7, 11) is 0. The fourth-order valence-electron chi connectivity index (χ4n) is 0.817. The number of amides is 1. The van der Waals surface area contributed by atoms with Crippen LogP contribution in [-0.2, 0) is 4.79 Å². The van der Waals surface area contributed by atoms with Crippen LogP contribution in [0.2, 0.25) is 0 Å². The van der Waals surface area contributed by atoms with Gasteiger partial charge in [-0.1, -0.05) is 15.9 Å². The van der Waals surface area contributed by atoms with Crippen molar-refractivity contribution in [3.8, 4) is 0 Å². The molecule has 2 N–H and O–H groups in total. The second kappa shape index (κ2) is 4.11. The molecule has 76 valence electrons. The van der Waals surface area contributed by atoms with Crippen LogP contribution in [-0.4, -0.2) is 16.6 Å². The van der Waals surface area contributed by atoms with E-state index in [2.05, 4.69) is 21.2 Å². The third-order valence-corrected chi connectivity index (χ3v) is 2.19. The maximum atomic E-state index is 11.3. The Labute approximate surface area is 91.3 Å². The van der Waals surface area contributed by atoms with E-state index in [4.69, 9.17) is 0 Å². The molecule has 0 bridgehead atoms. The molecule has 0 saturated carbocycles. The SMILES string of the molecule is CC(C)(O)C(=O)Nc1ccc(Br)cc1. The van der Waals surface area contributed by atoms with E-state index >= 15 is 0 Å². The van der Waals surface area contributed by atoms with Crippen LogP contribution < -0.4 is 5.32 Å². The predicted molar refractivity (Wildman–Crippen MR) is 59.1 cm³/mol. The van der Waals surface area contributed by atoms with Gasteiger partial charge in [0, 0.05) is 10.2 Å². The number of hydrogen-bond acceptors (Lipinski definition) is 2. The molecular weight excluding hydrogens is 246 g/mol. The number of carbonyl (C=O) groups is 1. The predicted octanol–water partition coefficient (Wildman–Crippen LogP) is 2.16. The minimum atomic E-state index is -1.35. The van der Waals surface area contributed by atoms with Gasteiger partial charge < -0.3 is 10.4 Å². The zero-order chi connectivity index (χ0) is 10.8. The molecule has 1 amide bonds. The molecule has 0 saturated heterocycles. The molecule has 14 heavy (non-hydrogen) atoms. The Hall–Kier alpha value is -0.870. The second-order valence-electron chi connectivity index (χ2n) is 3.52. The number of hydrogen-bond donors (Lipinski definition) is 2. The lowest BCUT2D eigenvalue weighted by Crippen LogP contribution is -2.36. The molecule has 1 aromatic rings. The molecule has 4 heteroatoms. The van der Waals surface area contributed by atoms with Crippen LogP contribution in [0.25, 0.3) is 0 Å². The first-order chi connectivity index (χ1) is 6.39. The van der Waals surface area contributed by atoms with Gasteiger partial charge in [0.15, 0.2) is 0 Å². The van der Waals surface area contributed by atoms with E-state index in [1.54, 1.807) is 12.1 Å². The summed E-state index contributed by atoms with van der Waals surface area (Å²) in [6.45, 7) is 2.89. The zero-order valence-corrected chi connectivity index (χ0v) is 9.63. The van der Waals surface area contributed by atoms with Gasteiger partial charge in [-0.2, -0.15) is 0 Å². The third kappa shape index (κ3) is 3.12. The minimum Gasteiger partial charge on any atom is -0.381 e. The summed E-state index contributed by atoms with van der Waals surface area (Å²) in [6.07, 6.45) is 0. The summed E-state index contributed by atoms with van der Waals surface area (Å²) in [5.74, 6) is -0.417. The number of anilines is 1. The Morgan fingerprint density at radius 3 is 2.29 bits per heavy atom. The fraction of sp³-hybridized carbons (Fsp3) is 0.300. The molecule has 0 unspecified atom stereocenters. The van der Waals surface area contributed by atoms with E-state index < -0.39 is 11.5 Å². The quantitative estimate of drug-likeness (QED) is 0.853. The maximum Gasteiger partial charge on any atom is 0.255 e. The molecule has 1 rings (SSSR count). The van der Waals surface area contributed by atoms with Gasteiger partial charge in [0.25, 0.3) is 5.91 Å². The maximum absolute atomic E-state index is 11.3. The Bertz CT molecular complexity index is 327. The lowest BCUT2D eigenvalue weighted by atomic mass is 10.1. The van der Waals surface area contributed by atoms with Gasteiger partial charge >= 0.3 is 0 Å². The van der Waals surface area contributed by atoms with Crippen molar-refractivity contribution >= 4 is 27.5 Å². The van der Waals surface area contributed by atoms with Crippen molar-refractivity contribution in [2.75, 3.05) is 5.32 Å². The van der Waals surface area contributed by atoms with E-state index in [-0.39, 0.29) is 0 Å². The Morgan fingerprint density at radius 2 is 1.86 bits per heavy atom. The van der Waals surface area contributed by atoms with Crippen molar-refractivity contribution < 1.29 is 9.90 Å². The van der Waals surface area contributed by atoms with E-state index in [0.717, 1.165) is 4.47 Å². The topological polar surface area (TPSA) is 49.3 Å². The molecule has 0 spiro atoms. The highest BCUT2D eigenvalue weighted by atomic mass is 79.9. The van der Waals surface area contributed by atoms with E-state index in [1.807, 2.05) is 12.1 Å². The van der Waals surface area contributed by atoms with Crippen molar-refractivity contribution in [3.05, 3.63) is 28.7 Å². The van der Waals surface area contributed by atoms with E-state index in [9.17, 15) is 9.90 Å². The van der Waals surface area contributed by atoms with Crippen LogP contribution in [0.3, 0.4) is 0 Å². The Kier molecular flexibility index (Phi) is 3.29. The highest BCUT2D eigenvalue weighted by molar-refractivity contribution is 9.10. The molecular formula is C10H12BrNO2. The molecule has 0 aliphatic rings. The fourth-order valence-corrected chi connectivity index (χ4v) is 1.08. The molecule has 3 nitrogen and oxygen atoms in total. The standard InChI is InChI=1S/C10H12BrNO2/c1-10(2,14)9(13)12-8-5-3-7(11)4-6-8/h3-6,14H,1-2H3,(H,12,13). The lowest BCUT2D eigenvalue weighted by Gasteiger charge is -2.16. The number of nitrogens with one attached hydrogen (secondary N) is 1. The number of rotatable bonds is 2. The first-order valence-corrected chi connectivity index (χ1v) is 4.98. The van der Waals surface area contributed by atoms with Crippen molar-refractivity contribution in [2.24, 2.45) is 0 Å². The van der Waals surface area contributed by atoms with Gasteiger partial charge in [-0.25, -0.2) is 0 Å². The Morgan fingerprint density at radius 1 is 1.36 bits per heavy atom. The highest BCUT2D eigenvalue weighted by Gasteiger charge is 2.23. The van der Waals surface area contributed by atoms with Crippen LogP contribution in [0.1, 0.15) is 13.8 Å². The third-order valence-electron chi connectivity index (χ3n) is 1.66. The van der Waals surface area contributed by atoms with Crippen LogP contribution in [0.4, 0.5) is 5.69 Å². The van der Waals surface area contributed by atoms with Crippen molar-refractivity contribution in [2.45, 2.75) is 19.4 Å². The van der Waals surface area contributed by atoms with Crippen molar-refractivity contribution in [1.29, 1.82) is 0 Å². The van der Waals surface area contributed by atoms with Gasteiger partial charge in [-0.05, 0) is 38.1 Å². The molecule has 0 heterocycles. The lowest BCUT2D eigenvalue weighted by molar-refractivity contribution is -0.130. The van der Waals surface area contributed by atoms with Gasteiger partial charge in [-0.3, -0.25) is 4.79 Å². The number of benzene rings is 1. The molecule has 0 fully saturated rings. The molecule has 0 aromatic heterocycles. The smallest absolute Gasteiger partial charge is 0.255 e. The number of carbonyl (C=O) groups excluding carboxylic acids is 1. The average molecular weight is 258 g/mol. The summed E-state index contributed by atoms with van der Waals surface area (Å²) in [5.41, 5.74) is -0.687.